The number of terminal acetylenes is 1. The Morgan fingerprint density at radius 1 is 1.50 bits per heavy atom. The summed E-state index contributed by atoms with van der Waals surface area (Å²) in [4.78, 5) is 0.288. The highest BCUT2D eigenvalue weighted by atomic mass is 32.2. The molecule has 1 aliphatic rings. The van der Waals surface area contributed by atoms with E-state index in [0.29, 0.717) is 6.42 Å². The van der Waals surface area contributed by atoms with Crippen LogP contribution in [0.25, 0.3) is 0 Å². The van der Waals surface area contributed by atoms with Gasteiger partial charge in [-0.15, -0.1) is 6.42 Å². The van der Waals surface area contributed by atoms with E-state index in [-0.39, 0.29) is 4.90 Å². The number of benzene rings is 1. The SMILES string of the molecule is C#CC(CCC)NS(=O)(=O)c1ccc2c(c1)CCCN2. The number of hydrogen-bond acceptors (Lipinski definition) is 3. The summed E-state index contributed by atoms with van der Waals surface area (Å²) in [7, 11) is -3.55. The van der Waals surface area contributed by atoms with Crippen molar-refractivity contribution in [2.24, 2.45) is 0 Å². The van der Waals surface area contributed by atoms with E-state index in [1.54, 1.807) is 12.1 Å². The second-order valence-electron chi connectivity index (χ2n) is 4.98. The summed E-state index contributed by atoms with van der Waals surface area (Å²) in [6.45, 7) is 2.91. The zero-order valence-corrected chi connectivity index (χ0v) is 12.5. The van der Waals surface area contributed by atoms with Crippen LogP contribution < -0.4 is 10.0 Å². The molecule has 0 bridgehead atoms. The Morgan fingerprint density at radius 2 is 2.30 bits per heavy atom. The number of aryl methyl sites for hydroxylation is 1. The lowest BCUT2D eigenvalue weighted by Crippen LogP contribution is -2.33. The highest BCUT2D eigenvalue weighted by molar-refractivity contribution is 7.89. The minimum atomic E-state index is -3.55. The third kappa shape index (κ3) is 3.33. The number of sulfonamides is 1. The van der Waals surface area contributed by atoms with Crippen molar-refractivity contribution in [3.63, 3.8) is 0 Å². The fourth-order valence-corrected chi connectivity index (χ4v) is 3.58. The molecular formula is C15H20N2O2S. The molecule has 0 fully saturated rings. The van der Waals surface area contributed by atoms with Crippen molar-refractivity contribution in [3.05, 3.63) is 23.8 Å². The summed E-state index contributed by atoms with van der Waals surface area (Å²) in [6.07, 6.45) is 8.77. The molecule has 1 aromatic carbocycles. The van der Waals surface area contributed by atoms with Crippen LogP contribution in [0, 0.1) is 12.3 Å². The largest absolute Gasteiger partial charge is 0.385 e. The van der Waals surface area contributed by atoms with Gasteiger partial charge in [-0.25, -0.2) is 8.42 Å². The monoisotopic (exact) mass is 292 g/mol. The number of nitrogens with one attached hydrogen (secondary N) is 2. The van der Waals surface area contributed by atoms with Gasteiger partial charge in [0.1, 0.15) is 0 Å². The van der Waals surface area contributed by atoms with Gasteiger partial charge in [-0.3, -0.25) is 0 Å². The maximum atomic E-state index is 12.3. The number of rotatable bonds is 5. The summed E-state index contributed by atoms with van der Waals surface area (Å²) in [5, 5.41) is 3.27. The van der Waals surface area contributed by atoms with Crippen molar-refractivity contribution in [2.75, 3.05) is 11.9 Å². The molecule has 0 saturated heterocycles. The van der Waals surface area contributed by atoms with E-state index in [1.807, 2.05) is 13.0 Å². The highest BCUT2D eigenvalue weighted by Gasteiger charge is 2.20. The summed E-state index contributed by atoms with van der Waals surface area (Å²) in [5.74, 6) is 2.49. The van der Waals surface area contributed by atoms with E-state index < -0.39 is 16.1 Å². The summed E-state index contributed by atoms with van der Waals surface area (Å²) in [6, 6.07) is 4.75. The van der Waals surface area contributed by atoms with Gasteiger partial charge in [-0.05, 0) is 43.0 Å². The van der Waals surface area contributed by atoms with Crippen LogP contribution in [0.5, 0.6) is 0 Å². The van der Waals surface area contributed by atoms with E-state index in [9.17, 15) is 8.42 Å². The minimum absolute atomic E-state index is 0.288. The molecule has 1 unspecified atom stereocenters. The van der Waals surface area contributed by atoms with Crippen LogP contribution >= 0.6 is 0 Å². The highest BCUT2D eigenvalue weighted by Crippen LogP contribution is 2.25. The Labute approximate surface area is 121 Å². The summed E-state index contributed by atoms with van der Waals surface area (Å²) < 4.78 is 27.3. The quantitative estimate of drug-likeness (QED) is 0.817. The predicted molar refractivity (Wildman–Crippen MR) is 81.1 cm³/mol. The van der Waals surface area contributed by atoms with Crippen molar-refractivity contribution >= 4 is 15.7 Å². The van der Waals surface area contributed by atoms with Crippen molar-refractivity contribution < 1.29 is 8.42 Å². The lowest BCUT2D eigenvalue weighted by atomic mass is 10.0. The topological polar surface area (TPSA) is 58.2 Å². The zero-order valence-electron chi connectivity index (χ0n) is 11.6. The summed E-state index contributed by atoms with van der Waals surface area (Å²) in [5.41, 5.74) is 2.07. The van der Waals surface area contributed by atoms with Gasteiger partial charge in [-0.1, -0.05) is 19.3 Å². The molecule has 0 aromatic heterocycles. The standard InChI is InChI=1S/C15H20N2O2S/c1-3-6-13(4-2)17-20(18,19)14-8-9-15-12(11-14)7-5-10-16-15/h2,8-9,11,13,16-17H,3,5-7,10H2,1H3. The van der Waals surface area contributed by atoms with Gasteiger partial charge < -0.3 is 5.32 Å². The van der Waals surface area contributed by atoms with Crippen LogP contribution in [0.2, 0.25) is 0 Å². The molecule has 0 spiro atoms. The second-order valence-corrected chi connectivity index (χ2v) is 6.69. The van der Waals surface area contributed by atoms with Crippen molar-refractivity contribution in [2.45, 2.75) is 43.5 Å². The first-order valence-electron chi connectivity index (χ1n) is 6.92. The van der Waals surface area contributed by atoms with Gasteiger partial charge in [0, 0.05) is 12.2 Å². The van der Waals surface area contributed by atoms with Crippen LogP contribution in [-0.4, -0.2) is 21.0 Å². The molecule has 1 aliphatic heterocycles. The van der Waals surface area contributed by atoms with Gasteiger partial charge in [-0.2, -0.15) is 4.72 Å². The fourth-order valence-electron chi connectivity index (χ4n) is 2.34. The predicted octanol–water partition coefficient (Wildman–Crippen LogP) is 2.12. The molecule has 0 radical (unpaired) electrons. The first-order chi connectivity index (χ1) is 9.56. The Balaban J connectivity index is 2.23. The van der Waals surface area contributed by atoms with E-state index >= 15 is 0 Å². The number of anilines is 1. The third-order valence-corrected chi connectivity index (χ3v) is 4.87. The molecule has 0 saturated carbocycles. The maximum Gasteiger partial charge on any atom is 0.241 e. The minimum Gasteiger partial charge on any atom is -0.385 e. The smallest absolute Gasteiger partial charge is 0.241 e. The molecule has 1 aromatic rings. The van der Waals surface area contributed by atoms with Gasteiger partial charge >= 0.3 is 0 Å². The first-order valence-corrected chi connectivity index (χ1v) is 8.40. The van der Waals surface area contributed by atoms with Crippen LogP contribution in [0.3, 0.4) is 0 Å². The van der Waals surface area contributed by atoms with Gasteiger partial charge in [0.05, 0.1) is 10.9 Å². The van der Waals surface area contributed by atoms with Gasteiger partial charge in [0.25, 0.3) is 0 Å². The van der Waals surface area contributed by atoms with E-state index in [1.165, 1.54) is 0 Å². The first kappa shape index (κ1) is 14.9. The Kier molecular flexibility index (Phi) is 4.69. The molecular weight excluding hydrogens is 272 g/mol. The van der Waals surface area contributed by atoms with E-state index in [2.05, 4.69) is 16.0 Å². The molecule has 20 heavy (non-hydrogen) atoms. The molecule has 4 nitrogen and oxygen atoms in total. The molecule has 108 valence electrons. The molecule has 0 aliphatic carbocycles. The van der Waals surface area contributed by atoms with E-state index in [0.717, 1.165) is 37.1 Å². The van der Waals surface area contributed by atoms with Crippen molar-refractivity contribution in [3.8, 4) is 12.3 Å². The zero-order chi connectivity index (χ0) is 14.6. The second kappa shape index (κ2) is 6.29. The van der Waals surface area contributed by atoms with Crippen LogP contribution in [-0.2, 0) is 16.4 Å². The van der Waals surface area contributed by atoms with Crippen molar-refractivity contribution in [1.29, 1.82) is 0 Å². The molecule has 2 rings (SSSR count). The lowest BCUT2D eigenvalue weighted by molar-refractivity contribution is 0.564. The lowest BCUT2D eigenvalue weighted by Gasteiger charge is -2.19. The normalized spacial score (nSPS) is 15.8. The Hall–Kier alpha value is -1.51. The Morgan fingerprint density at radius 3 is 3.00 bits per heavy atom. The van der Waals surface area contributed by atoms with Crippen LogP contribution in [0.15, 0.2) is 23.1 Å². The van der Waals surface area contributed by atoms with Crippen LogP contribution in [0.4, 0.5) is 5.69 Å². The van der Waals surface area contributed by atoms with E-state index in [4.69, 9.17) is 6.42 Å². The molecule has 5 heteroatoms. The molecule has 1 atom stereocenters. The summed E-state index contributed by atoms with van der Waals surface area (Å²) >= 11 is 0. The molecule has 1 heterocycles. The molecule has 0 amide bonds. The molecule has 2 N–H and O–H groups in total. The maximum absolute atomic E-state index is 12.3. The third-order valence-electron chi connectivity index (χ3n) is 3.40. The van der Waals surface area contributed by atoms with Gasteiger partial charge in [0.15, 0.2) is 0 Å². The van der Waals surface area contributed by atoms with Crippen molar-refractivity contribution in [1.82, 2.24) is 4.72 Å². The van der Waals surface area contributed by atoms with Gasteiger partial charge in [0.2, 0.25) is 10.0 Å². The number of fused-ring (bicyclic) bond motifs is 1. The average molecular weight is 292 g/mol. The Bertz CT molecular complexity index is 617. The number of hydrogen-bond donors (Lipinski definition) is 2. The van der Waals surface area contributed by atoms with Crippen LogP contribution in [0.1, 0.15) is 31.7 Å². The average Bonchev–Trinajstić information content (AvgIpc) is 2.46. The fraction of sp³-hybridized carbons (Fsp3) is 0.467.